The van der Waals surface area contributed by atoms with E-state index in [9.17, 15) is 9.18 Å². The summed E-state index contributed by atoms with van der Waals surface area (Å²) >= 11 is 0. The van der Waals surface area contributed by atoms with E-state index in [-0.39, 0.29) is 5.57 Å². The van der Waals surface area contributed by atoms with Crippen LogP contribution in [0.4, 0.5) is 10.1 Å². The van der Waals surface area contributed by atoms with Gasteiger partial charge in [-0.3, -0.25) is 4.79 Å². The zero-order valence-electron chi connectivity index (χ0n) is 11.6. The molecule has 0 saturated carbocycles. The zero-order chi connectivity index (χ0) is 15.7. The first-order valence-electron chi connectivity index (χ1n) is 6.25. The second-order valence-corrected chi connectivity index (χ2v) is 4.11. The van der Waals surface area contributed by atoms with Crippen LogP contribution in [0.2, 0.25) is 0 Å². The molecule has 0 unspecified atom stereocenters. The minimum absolute atomic E-state index is 0.0806. The molecule has 0 aliphatic heterocycles. The Kier molecular flexibility index (Phi) is 6.42. The Hall–Kier alpha value is -2.87. The van der Waals surface area contributed by atoms with Crippen molar-refractivity contribution in [2.45, 2.75) is 0 Å². The molecule has 0 spiro atoms. The molecule has 4 nitrogen and oxygen atoms in total. The highest BCUT2D eigenvalue weighted by Gasteiger charge is 2.15. The Morgan fingerprint density at radius 1 is 1.38 bits per heavy atom. The van der Waals surface area contributed by atoms with Crippen molar-refractivity contribution in [2.24, 2.45) is 0 Å². The first-order valence-corrected chi connectivity index (χ1v) is 6.25. The van der Waals surface area contributed by atoms with Crippen molar-refractivity contribution in [3.8, 4) is 6.07 Å². The van der Waals surface area contributed by atoms with Crippen molar-refractivity contribution >= 4 is 11.6 Å². The first-order chi connectivity index (χ1) is 10.1. The molecule has 0 aromatic heterocycles. The molecule has 0 aliphatic carbocycles. The van der Waals surface area contributed by atoms with Gasteiger partial charge in [0, 0.05) is 25.0 Å². The van der Waals surface area contributed by atoms with Crippen LogP contribution in [0.1, 0.15) is 0 Å². The molecule has 0 fully saturated rings. The Morgan fingerprint density at radius 3 is 2.57 bits per heavy atom. The highest BCUT2D eigenvalue weighted by atomic mass is 19.1. The number of hydrogen-bond donors (Lipinski definition) is 1. The minimum Gasteiger partial charge on any atom is -0.360 e. The molecule has 0 bridgehead atoms. The maximum absolute atomic E-state index is 13.0. The molecular formula is C16H16FN3O. The summed E-state index contributed by atoms with van der Waals surface area (Å²) in [7, 11) is 0. The molecule has 1 aromatic carbocycles. The summed E-state index contributed by atoms with van der Waals surface area (Å²) in [4.78, 5) is 13.6. The van der Waals surface area contributed by atoms with E-state index in [1.54, 1.807) is 18.2 Å². The van der Waals surface area contributed by atoms with Crippen LogP contribution in [0.15, 0.2) is 61.3 Å². The molecule has 108 valence electrons. The lowest BCUT2D eigenvalue weighted by atomic mass is 10.2. The minimum atomic E-state index is -0.443. The van der Waals surface area contributed by atoms with Crippen LogP contribution in [-0.2, 0) is 4.79 Å². The van der Waals surface area contributed by atoms with Gasteiger partial charge >= 0.3 is 0 Å². The number of amides is 1. The van der Waals surface area contributed by atoms with Crippen LogP contribution in [0.5, 0.6) is 0 Å². The topological polar surface area (TPSA) is 56.1 Å². The number of nitrogens with zero attached hydrogens (tertiary/aromatic N) is 2. The molecule has 1 N–H and O–H groups in total. The quantitative estimate of drug-likeness (QED) is 0.476. The lowest BCUT2D eigenvalue weighted by Crippen LogP contribution is -2.32. The number of carbonyl (C=O) groups is 1. The van der Waals surface area contributed by atoms with E-state index < -0.39 is 11.7 Å². The molecule has 1 rings (SSSR count). The maximum Gasteiger partial charge on any atom is 0.266 e. The first kappa shape index (κ1) is 16.2. The number of benzene rings is 1. The molecule has 0 radical (unpaired) electrons. The van der Waals surface area contributed by atoms with Crippen LogP contribution in [-0.4, -0.2) is 23.9 Å². The van der Waals surface area contributed by atoms with E-state index in [4.69, 9.17) is 5.26 Å². The molecule has 1 amide bonds. The SMILES string of the molecule is C=CCN(CC=C)C(=O)/C(C#N)=C\Nc1cccc(F)c1. The van der Waals surface area contributed by atoms with Crippen LogP contribution in [0.25, 0.3) is 0 Å². The van der Waals surface area contributed by atoms with Gasteiger partial charge in [0.15, 0.2) is 0 Å². The Balaban J connectivity index is 2.87. The second-order valence-electron chi connectivity index (χ2n) is 4.11. The number of nitrogens with one attached hydrogen (secondary N) is 1. The van der Waals surface area contributed by atoms with Gasteiger partial charge in [-0.15, -0.1) is 13.2 Å². The fourth-order valence-corrected chi connectivity index (χ4v) is 1.60. The lowest BCUT2D eigenvalue weighted by Gasteiger charge is -2.18. The summed E-state index contributed by atoms with van der Waals surface area (Å²) in [5.41, 5.74) is 0.373. The normalized spacial score (nSPS) is 10.4. The molecule has 0 heterocycles. The third-order valence-electron chi connectivity index (χ3n) is 2.54. The third-order valence-corrected chi connectivity index (χ3v) is 2.54. The van der Waals surface area contributed by atoms with Crippen molar-refractivity contribution in [2.75, 3.05) is 18.4 Å². The van der Waals surface area contributed by atoms with Crippen LogP contribution in [0.3, 0.4) is 0 Å². The van der Waals surface area contributed by atoms with E-state index in [0.29, 0.717) is 18.8 Å². The third kappa shape index (κ3) is 4.96. The fraction of sp³-hybridized carbons (Fsp3) is 0.125. The summed E-state index contributed by atoms with van der Waals surface area (Å²) in [5.74, 6) is -0.848. The number of halogens is 1. The molecule has 0 atom stereocenters. The van der Waals surface area contributed by atoms with Gasteiger partial charge in [-0.2, -0.15) is 5.26 Å². The van der Waals surface area contributed by atoms with Gasteiger partial charge in [-0.1, -0.05) is 18.2 Å². The standard InChI is InChI=1S/C16H16FN3O/c1-3-8-20(9-4-2)16(21)13(11-18)12-19-15-7-5-6-14(17)10-15/h3-7,10,12,19H,1-2,8-9H2/b13-12-. The lowest BCUT2D eigenvalue weighted by molar-refractivity contribution is -0.125. The molecule has 0 saturated heterocycles. The van der Waals surface area contributed by atoms with E-state index in [1.165, 1.54) is 29.3 Å². The molecule has 0 aliphatic rings. The number of hydrogen-bond acceptors (Lipinski definition) is 3. The predicted octanol–water partition coefficient (Wildman–Crippen LogP) is 2.85. The van der Waals surface area contributed by atoms with E-state index in [2.05, 4.69) is 18.5 Å². The average molecular weight is 285 g/mol. The molecule has 5 heteroatoms. The van der Waals surface area contributed by atoms with Crippen molar-refractivity contribution in [3.05, 3.63) is 67.2 Å². The van der Waals surface area contributed by atoms with Gasteiger partial charge in [0.05, 0.1) is 0 Å². The molecular weight excluding hydrogens is 269 g/mol. The maximum atomic E-state index is 13.0. The number of carbonyl (C=O) groups excluding carboxylic acids is 1. The smallest absolute Gasteiger partial charge is 0.266 e. The van der Waals surface area contributed by atoms with Gasteiger partial charge < -0.3 is 10.2 Å². The summed E-state index contributed by atoms with van der Waals surface area (Å²) in [5, 5.41) is 11.8. The van der Waals surface area contributed by atoms with Crippen molar-refractivity contribution < 1.29 is 9.18 Å². The monoisotopic (exact) mass is 285 g/mol. The molecule has 1 aromatic rings. The average Bonchev–Trinajstić information content (AvgIpc) is 2.47. The zero-order valence-corrected chi connectivity index (χ0v) is 11.6. The van der Waals surface area contributed by atoms with Crippen LogP contribution >= 0.6 is 0 Å². The van der Waals surface area contributed by atoms with Gasteiger partial charge in [0.1, 0.15) is 17.5 Å². The summed E-state index contributed by atoms with van der Waals surface area (Å²) < 4.78 is 13.0. The van der Waals surface area contributed by atoms with Crippen molar-refractivity contribution in [3.63, 3.8) is 0 Å². The van der Waals surface area contributed by atoms with Gasteiger partial charge in [0.25, 0.3) is 5.91 Å². The number of nitriles is 1. The fourth-order valence-electron chi connectivity index (χ4n) is 1.60. The van der Waals surface area contributed by atoms with Crippen LogP contribution < -0.4 is 5.32 Å². The number of rotatable bonds is 7. The van der Waals surface area contributed by atoms with Crippen molar-refractivity contribution in [1.29, 1.82) is 5.26 Å². The van der Waals surface area contributed by atoms with Crippen molar-refractivity contribution in [1.82, 2.24) is 4.90 Å². The van der Waals surface area contributed by atoms with E-state index >= 15 is 0 Å². The highest BCUT2D eigenvalue weighted by molar-refractivity contribution is 5.97. The van der Waals surface area contributed by atoms with Gasteiger partial charge in [-0.25, -0.2) is 4.39 Å². The summed E-state index contributed by atoms with van der Waals surface area (Å²) in [6, 6.07) is 7.56. The Bertz CT molecular complexity index is 592. The van der Waals surface area contributed by atoms with Gasteiger partial charge in [-0.05, 0) is 18.2 Å². The van der Waals surface area contributed by atoms with Gasteiger partial charge in [0.2, 0.25) is 0 Å². The Morgan fingerprint density at radius 2 is 2.05 bits per heavy atom. The summed E-state index contributed by atoms with van der Waals surface area (Å²) in [6.07, 6.45) is 4.39. The molecule has 21 heavy (non-hydrogen) atoms. The van der Waals surface area contributed by atoms with Crippen LogP contribution in [0, 0.1) is 17.1 Å². The highest BCUT2D eigenvalue weighted by Crippen LogP contribution is 2.10. The second kappa shape index (κ2) is 8.33. The number of anilines is 1. The van der Waals surface area contributed by atoms with E-state index in [0.717, 1.165) is 0 Å². The Labute approximate surface area is 123 Å². The summed E-state index contributed by atoms with van der Waals surface area (Å²) in [6.45, 7) is 7.75. The largest absolute Gasteiger partial charge is 0.360 e. The predicted molar refractivity (Wildman–Crippen MR) is 80.7 cm³/mol. The van der Waals surface area contributed by atoms with E-state index in [1.807, 2.05) is 6.07 Å².